The van der Waals surface area contributed by atoms with E-state index < -0.39 is 32.5 Å². The van der Waals surface area contributed by atoms with E-state index in [1.807, 2.05) is 0 Å². The number of unbranched alkanes of at least 4 members (excludes halogenated alkanes) is 24. The largest absolute Gasteiger partial charge is 0.472 e. The first-order valence-corrected chi connectivity index (χ1v) is 21.3. The van der Waals surface area contributed by atoms with Crippen LogP contribution in [0.3, 0.4) is 0 Å². The van der Waals surface area contributed by atoms with E-state index in [4.69, 9.17) is 18.5 Å². The lowest BCUT2D eigenvalue weighted by molar-refractivity contribution is -0.161. The topological polar surface area (TPSA) is 138 Å². The summed E-state index contributed by atoms with van der Waals surface area (Å²) in [5.74, 6) is -0.881. The summed E-state index contributed by atoms with van der Waals surface area (Å²) in [4.78, 5) is 48.3. The van der Waals surface area contributed by atoms with Crippen LogP contribution in [-0.4, -0.2) is 55.4 Å². The van der Waals surface area contributed by atoms with Gasteiger partial charge in [-0.15, -0.1) is 0 Å². The van der Waals surface area contributed by atoms with Gasteiger partial charge in [0.15, 0.2) is 6.10 Å². The van der Waals surface area contributed by atoms with Gasteiger partial charge in [0, 0.05) is 12.8 Å². The molecule has 0 aromatic carbocycles. The van der Waals surface area contributed by atoms with E-state index in [2.05, 4.69) is 18.8 Å². The van der Waals surface area contributed by atoms with Gasteiger partial charge in [0.05, 0.1) is 19.8 Å². The highest BCUT2D eigenvalue weighted by Crippen LogP contribution is 2.43. The lowest BCUT2D eigenvalue weighted by Crippen LogP contribution is -2.29. The summed E-state index contributed by atoms with van der Waals surface area (Å²) < 4.78 is 32.8. The lowest BCUT2D eigenvalue weighted by Gasteiger charge is -2.19. The van der Waals surface area contributed by atoms with E-state index in [-0.39, 0.29) is 32.6 Å². The van der Waals surface area contributed by atoms with Crippen molar-refractivity contribution < 1.29 is 42.4 Å². The van der Waals surface area contributed by atoms with Crippen LogP contribution in [0.15, 0.2) is 4.99 Å². The Hall–Kier alpha value is -1.57. The van der Waals surface area contributed by atoms with E-state index in [9.17, 15) is 23.8 Å². The highest BCUT2D eigenvalue weighted by Gasteiger charge is 2.26. The molecule has 0 spiro atoms. The molecule has 0 aromatic rings. The average molecular weight is 718 g/mol. The molecule has 0 bridgehead atoms. The number of ether oxygens (including phenoxy) is 2. The zero-order chi connectivity index (χ0) is 36.1. The monoisotopic (exact) mass is 717 g/mol. The van der Waals surface area contributed by atoms with Crippen LogP contribution >= 0.6 is 7.82 Å². The standard InChI is InChI=1S/C38H72NO9P/c1-3-5-7-9-11-13-15-17-19-21-23-25-27-29-37(41)45-33-36(34-47-49(43,44)46-32-31-39-35-40)48-38(42)30-28-26-24-22-20-18-16-14-12-10-8-6-4-2/h36H,3-34H2,1-2H3,(H,43,44)/t36-/m1/s1. The van der Waals surface area contributed by atoms with Crippen molar-refractivity contribution in [2.45, 2.75) is 200 Å². The predicted molar refractivity (Wildman–Crippen MR) is 196 cm³/mol. The molecule has 0 rings (SSSR count). The molecule has 0 radical (unpaired) electrons. The van der Waals surface area contributed by atoms with Gasteiger partial charge in [-0.2, -0.15) is 0 Å². The first-order valence-electron chi connectivity index (χ1n) is 19.8. The molecule has 288 valence electrons. The zero-order valence-electron chi connectivity index (χ0n) is 31.3. The van der Waals surface area contributed by atoms with E-state index in [0.717, 1.165) is 38.5 Å². The summed E-state index contributed by atoms with van der Waals surface area (Å²) in [5.41, 5.74) is 0. The SMILES string of the molecule is CCCCCCCCCCCCCCCC(=O)OC[C@H](COP(=O)(O)OCCN=C=O)OC(=O)CCCCCCCCCCCCCCC. The van der Waals surface area contributed by atoms with E-state index >= 15 is 0 Å². The fourth-order valence-electron chi connectivity index (χ4n) is 5.66. The second-order valence-electron chi connectivity index (χ2n) is 13.4. The number of nitrogens with zero attached hydrogens (tertiary/aromatic N) is 1. The Kier molecular flexibility index (Phi) is 35.1. The van der Waals surface area contributed by atoms with E-state index in [1.165, 1.54) is 128 Å². The normalized spacial score (nSPS) is 13.0. The van der Waals surface area contributed by atoms with Crippen LogP contribution in [0.25, 0.3) is 0 Å². The van der Waals surface area contributed by atoms with Crippen LogP contribution in [0, 0.1) is 0 Å². The Morgan fingerprint density at radius 2 is 0.980 bits per heavy atom. The summed E-state index contributed by atoms with van der Waals surface area (Å²) in [5, 5.41) is 0. The maximum atomic E-state index is 12.5. The molecular formula is C38H72NO9P. The Balaban J connectivity index is 4.30. The van der Waals surface area contributed by atoms with Gasteiger partial charge in [-0.3, -0.25) is 18.6 Å². The van der Waals surface area contributed by atoms with Crippen LogP contribution in [0.1, 0.15) is 194 Å². The molecule has 0 saturated carbocycles. The number of carbonyl (C=O) groups is 2. The minimum Gasteiger partial charge on any atom is -0.462 e. The van der Waals surface area contributed by atoms with Crippen molar-refractivity contribution >= 4 is 25.8 Å². The molecule has 49 heavy (non-hydrogen) atoms. The van der Waals surface area contributed by atoms with Crippen LogP contribution in [0.4, 0.5) is 0 Å². The number of aliphatic imine (C=N–C) groups is 1. The predicted octanol–water partition coefficient (Wildman–Crippen LogP) is 10.9. The summed E-state index contributed by atoms with van der Waals surface area (Å²) in [6.45, 7) is 3.25. The van der Waals surface area contributed by atoms with Gasteiger partial charge in [-0.05, 0) is 12.8 Å². The number of rotatable bonds is 38. The van der Waals surface area contributed by atoms with Gasteiger partial charge in [-0.1, -0.05) is 168 Å². The summed E-state index contributed by atoms with van der Waals surface area (Å²) >= 11 is 0. The van der Waals surface area contributed by atoms with Gasteiger partial charge in [0.1, 0.15) is 6.61 Å². The first kappa shape index (κ1) is 47.4. The van der Waals surface area contributed by atoms with Crippen molar-refractivity contribution in [3.05, 3.63) is 0 Å². The summed E-state index contributed by atoms with van der Waals surface area (Å²) in [6, 6.07) is 0. The smallest absolute Gasteiger partial charge is 0.462 e. The number of hydrogen-bond donors (Lipinski definition) is 1. The molecule has 0 heterocycles. The molecule has 0 amide bonds. The zero-order valence-corrected chi connectivity index (χ0v) is 32.2. The Morgan fingerprint density at radius 3 is 1.39 bits per heavy atom. The van der Waals surface area contributed by atoms with Crippen LogP contribution in [0.2, 0.25) is 0 Å². The molecule has 2 atom stereocenters. The maximum absolute atomic E-state index is 12.5. The molecule has 0 aliphatic heterocycles. The van der Waals surface area contributed by atoms with Crippen molar-refractivity contribution in [2.75, 3.05) is 26.4 Å². The molecule has 0 aliphatic rings. The number of phosphoric ester groups is 1. The van der Waals surface area contributed by atoms with Gasteiger partial charge >= 0.3 is 19.8 Å². The number of carbonyl (C=O) groups excluding carboxylic acids is 3. The van der Waals surface area contributed by atoms with Gasteiger partial charge in [-0.25, -0.2) is 14.4 Å². The van der Waals surface area contributed by atoms with Crippen molar-refractivity contribution in [2.24, 2.45) is 4.99 Å². The number of isocyanates is 1. The number of hydrogen-bond acceptors (Lipinski definition) is 9. The minimum absolute atomic E-state index is 0.147. The third-order valence-electron chi connectivity index (χ3n) is 8.64. The molecule has 1 unspecified atom stereocenters. The van der Waals surface area contributed by atoms with Gasteiger partial charge in [0.2, 0.25) is 6.08 Å². The fraction of sp³-hybridized carbons (Fsp3) is 0.921. The second-order valence-corrected chi connectivity index (χ2v) is 14.8. The quantitative estimate of drug-likeness (QED) is 0.0217. The molecule has 10 nitrogen and oxygen atoms in total. The number of esters is 2. The molecule has 0 fully saturated rings. The maximum Gasteiger partial charge on any atom is 0.472 e. The van der Waals surface area contributed by atoms with Crippen molar-refractivity contribution in [1.29, 1.82) is 0 Å². The van der Waals surface area contributed by atoms with E-state index in [0.29, 0.717) is 6.42 Å². The molecular weight excluding hydrogens is 645 g/mol. The highest BCUT2D eigenvalue weighted by atomic mass is 31.2. The molecule has 1 N–H and O–H groups in total. The van der Waals surface area contributed by atoms with Crippen molar-refractivity contribution in [3.63, 3.8) is 0 Å². The third-order valence-corrected chi connectivity index (χ3v) is 9.63. The second kappa shape index (κ2) is 36.2. The van der Waals surface area contributed by atoms with Gasteiger partial charge < -0.3 is 14.4 Å². The fourth-order valence-corrected chi connectivity index (χ4v) is 6.40. The lowest BCUT2D eigenvalue weighted by atomic mass is 10.0. The molecule has 0 aromatic heterocycles. The average Bonchev–Trinajstić information content (AvgIpc) is 3.08. The number of phosphoric acid groups is 1. The van der Waals surface area contributed by atoms with Crippen LogP contribution in [-0.2, 0) is 37.5 Å². The molecule has 0 aliphatic carbocycles. The first-order chi connectivity index (χ1) is 23.8. The van der Waals surface area contributed by atoms with E-state index in [1.54, 1.807) is 0 Å². The van der Waals surface area contributed by atoms with Crippen molar-refractivity contribution in [3.8, 4) is 0 Å². The molecule has 0 saturated heterocycles. The van der Waals surface area contributed by atoms with Crippen LogP contribution < -0.4 is 0 Å². The van der Waals surface area contributed by atoms with Crippen molar-refractivity contribution in [1.82, 2.24) is 0 Å². The third kappa shape index (κ3) is 36.0. The van der Waals surface area contributed by atoms with Crippen LogP contribution in [0.5, 0.6) is 0 Å². The summed E-state index contributed by atoms with van der Waals surface area (Å²) in [7, 11) is -4.49. The Labute approximate surface area is 298 Å². The molecule has 11 heteroatoms. The Bertz CT molecular complexity index is 866. The minimum atomic E-state index is -4.49. The summed E-state index contributed by atoms with van der Waals surface area (Å²) in [6.07, 6.45) is 32.1. The Morgan fingerprint density at radius 1 is 0.592 bits per heavy atom. The van der Waals surface area contributed by atoms with Gasteiger partial charge in [0.25, 0.3) is 0 Å². The highest BCUT2D eigenvalue weighted by molar-refractivity contribution is 7.47.